The molecule has 120 valence electrons. The van der Waals surface area contributed by atoms with Gasteiger partial charge in [-0.2, -0.15) is 4.98 Å². The Balaban J connectivity index is 1.89. The molecule has 0 amide bonds. The first kappa shape index (κ1) is 15.3. The van der Waals surface area contributed by atoms with E-state index in [-0.39, 0.29) is 17.4 Å². The van der Waals surface area contributed by atoms with Crippen LogP contribution >= 0.6 is 0 Å². The highest BCUT2D eigenvalue weighted by Crippen LogP contribution is 2.25. The van der Waals surface area contributed by atoms with Crippen molar-refractivity contribution < 1.29 is 19.0 Å². The summed E-state index contributed by atoms with van der Waals surface area (Å²) in [5.74, 6) is 0.0445. The third kappa shape index (κ3) is 2.98. The fraction of sp³-hybridized carbons (Fsp3) is 0.0625. The zero-order valence-corrected chi connectivity index (χ0v) is 12.5. The normalized spacial score (nSPS) is 10.4. The molecule has 8 heteroatoms. The first-order chi connectivity index (χ1) is 11.6. The topological polar surface area (TPSA) is 108 Å². The van der Waals surface area contributed by atoms with Gasteiger partial charge in [-0.25, -0.2) is 4.79 Å². The lowest BCUT2D eigenvalue weighted by Crippen LogP contribution is -2.00. The lowest BCUT2D eigenvalue weighted by Gasteiger charge is -1.99. The largest absolute Gasteiger partial charge is 0.465 e. The van der Waals surface area contributed by atoms with E-state index in [1.165, 1.54) is 19.2 Å². The van der Waals surface area contributed by atoms with Gasteiger partial charge in [0.25, 0.3) is 11.6 Å². The molecule has 0 N–H and O–H groups in total. The summed E-state index contributed by atoms with van der Waals surface area (Å²) in [5.41, 5.74) is 1.44. The second kappa shape index (κ2) is 6.29. The number of non-ortho nitro benzene ring substituents is 1. The van der Waals surface area contributed by atoms with Crippen LogP contribution in [-0.2, 0) is 4.74 Å². The molecule has 1 aromatic heterocycles. The molecule has 2 aromatic carbocycles. The summed E-state index contributed by atoms with van der Waals surface area (Å²) in [4.78, 5) is 26.0. The molecule has 1 heterocycles. The number of carbonyl (C=O) groups is 1. The van der Waals surface area contributed by atoms with E-state index in [1.54, 1.807) is 36.4 Å². The number of nitrogens with zero attached hydrogens (tertiary/aromatic N) is 3. The molecular formula is C16H11N3O5. The average molecular weight is 325 g/mol. The van der Waals surface area contributed by atoms with E-state index in [0.29, 0.717) is 16.7 Å². The van der Waals surface area contributed by atoms with Gasteiger partial charge in [-0.05, 0) is 24.3 Å². The summed E-state index contributed by atoms with van der Waals surface area (Å²) in [6, 6.07) is 12.4. The average Bonchev–Trinajstić information content (AvgIpc) is 3.11. The van der Waals surface area contributed by atoms with E-state index < -0.39 is 10.9 Å². The van der Waals surface area contributed by atoms with Crippen LogP contribution in [0.3, 0.4) is 0 Å². The van der Waals surface area contributed by atoms with Gasteiger partial charge in [0.1, 0.15) is 0 Å². The van der Waals surface area contributed by atoms with Crippen LogP contribution in [0.15, 0.2) is 53.1 Å². The second-order valence-corrected chi connectivity index (χ2v) is 4.80. The van der Waals surface area contributed by atoms with E-state index in [0.717, 1.165) is 0 Å². The molecule has 24 heavy (non-hydrogen) atoms. The number of nitro groups is 1. The van der Waals surface area contributed by atoms with E-state index >= 15 is 0 Å². The summed E-state index contributed by atoms with van der Waals surface area (Å²) in [6.45, 7) is 0. The molecule has 0 aliphatic carbocycles. The number of benzene rings is 2. The van der Waals surface area contributed by atoms with Crippen molar-refractivity contribution in [3.8, 4) is 22.8 Å². The van der Waals surface area contributed by atoms with Gasteiger partial charge in [-0.1, -0.05) is 17.3 Å². The van der Waals surface area contributed by atoms with Gasteiger partial charge < -0.3 is 9.26 Å². The maximum atomic E-state index is 11.4. The second-order valence-electron chi connectivity index (χ2n) is 4.80. The Labute approximate surface area is 135 Å². The van der Waals surface area contributed by atoms with Crippen LogP contribution in [-0.4, -0.2) is 28.1 Å². The maximum absolute atomic E-state index is 11.4. The molecule has 0 radical (unpaired) electrons. The minimum absolute atomic E-state index is 0.0544. The molecule has 0 aliphatic heterocycles. The standard InChI is InChI=1S/C16H11N3O5/c1-23-16(20)11-7-5-10(6-8-11)15-17-14(18-24-15)12-3-2-4-13(9-12)19(21)22/h2-9H,1H3. The summed E-state index contributed by atoms with van der Waals surface area (Å²) in [6.07, 6.45) is 0. The highest BCUT2D eigenvalue weighted by Gasteiger charge is 2.14. The van der Waals surface area contributed by atoms with Crippen molar-refractivity contribution in [2.75, 3.05) is 7.11 Å². The fourth-order valence-corrected chi connectivity index (χ4v) is 2.08. The summed E-state index contributed by atoms with van der Waals surface area (Å²) >= 11 is 0. The molecule has 0 bridgehead atoms. The molecule has 0 unspecified atom stereocenters. The molecule has 0 saturated heterocycles. The van der Waals surface area contributed by atoms with Crippen LogP contribution in [0.1, 0.15) is 10.4 Å². The van der Waals surface area contributed by atoms with Gasteiger partial charge in [0.05, 0.1) is 17.6 Å². The predicted octanol–water partition coefficient (Wildman–Crippen LogP) is 3.10. The Morgan fingerprint density at radius 3 is 2.58 bits per heavy atom. The number of hydrogen-bond acceptors (Lipinski definition) is 7. The van der Waals surface area contributed by atoms with Crippen LogP contribution in [0.5, 0.6) is 0 Å². The third-order valence-electron chi connectivity index (χ3n) is 3.29. The first-order valence-corrected chi connectivity index (χ1v) is 6.86. The summed E-state index contributed by atoms with van der Waals surface area (Å²) in [5, 5.41) is 14.7. The highest BCUT2D eigenvalue weighted by atomic mass is 16.6. The van der Waals surface area contributed by atoms with Crippen molar-refractivity contribution in [2.45, 2.75) is 0 Å². The number of hydrogen-bond donors (Lipinski definition) is 0. The molecule has 0 aliphatic rings. The lowest BCUT2D eigenvalue weighted by molar-refractivity contribution is -0.384. The Morgan fingerprint density at radius 1 is 1.17 bits per heavy atom. The third-order valence-corrected chi connectivity index (χ3v) is 3.29. The fourth-order valence-electron chi connectivity index (χ4n) is 2.08. The number of aromatic nitrogens is 2. The molecule has 8 nitrogen and oxygen atoms in total. The Morgan fingerprint density at radius 2 is 1.92 bits per heavy atom. The van der Waals surface area contributed by atoms with Crippen molar-refractivity contribution in [3.63, 3.8) is 0 Å². The number of carbonyl (C=O) groups excluding carboxylic acids is 1. The van der Waals surface area contributed by atoms with Gasteiger partial charge in [-0.15, -0.1) is 0 Å². The molecule has 0 fully saturated rings. The molecule has 0 atom stereocenters. The van der Waals surface area contributed by atoms with Crippen molar-refractivity contribution in [2.24, 2.45) is 0 Å². The number of esters is 1. The van der Waals surface area contributed by atoms with Crippen LogP contribution in [0.25, 0.3) is 22.8 Å². The van der Waals surface area contributed by atoms with Crippen LogP contribution in [0.2, 0.25) is 0 Å². The number of methoxy groups -OCH3 is 1. The predicted molar refractivity (Wildman–Crippen MR) is 83.2 cm³/mol. The molecule has 0 saturated carbocycles. The molecule has 3 rings (SSSR count). The maximum Gasteiger partial charge on any atom is 0.337 e. The quantitative estimate of drug-likeness (QED) is 0.412. The monoisotopic (exact) mass is 325 g/mol. The number of nitro benzene ring substituents is 1. The van der Waals surface area contributed by atoms with Gasteiger partial charge in [0.15, 0.2) is 0 Å². The Bertz CT molecular complexity index is 902. The van der Waals surface area contributed by atoms with Crippen molar-refractivity contribution in [1.82, 2.24) is 10.1 Å². The van der Waals surface area contributed by atoms with Crippen molar-refractivity contribution >= 4 is 11.7 Å². The van der Waals surface area contributed by atoms with Crippen LogP contribution < -0.4 is 0 Å². The molecule has 0 spiro atoms. The van der Waals surface area contributed by atoms with Crippen molar-refractivity contribution in [3.05, 3.63) is 64.2 Å². The summed E-state index contributed by atoms with van der Waals surface area (Å²) in [7, 11) is 1.31. The highest BCUT2D eigenvalue weighted by molar-refractivity contribution is 5.89. The Hall–Kier alpha value is -3.55. The van der Waals surface area contributed by atoms with Gasteiger partial charge in [-0.3, -0.25) is 10.1 Å². The van der Waals surface area contributed by atoms with E-state index in [9.17, 15) is 14.9 Å². The SMILES string of the molecule is COC(=O)c1ccc(-c2nc(-c3cccc([N+](=O)[O-])c3)no2)cc1. The van der Waals surface area contributed by atoms with E-state index in [1.807, 2.05) is 0 Å². The lowest BCUT2D eigenvalue weighted by atomic mass is 10.1. The zero-order valence-electron chi connectivity index (χ0n) is 12.5. The molecular weight excluding hydrogens is 314 g/mol. The Kier molecular flexibility index (Phi) is 4.02. The van der Waals surface area contributed by atoms with E-state index in [4.69, 9.17) is 4.52 Å². The van der Waals surface area contributed by atoms with Gasteiger partial charge in [0, 0.05) is 23.3 Å². The number of ether oxygens (including phenoxy) is 1. The van der Waals surface area contributed by atoms with Crippen LogP contribution in [0, 0.1) is 10.1 Å². The molecule has 3 aromatic rings. The van der Waals surface area contributed by atoms with Gasteiger partial charge in [0.2, 0.25) is 5.82 Å². The van der Waals surface area contributed by atoms with Crippen molar-refractivity contribution in [1.29, 1.82) is 0 Å². The minimum atomic E-state index is -0.490. The minimum Gasteiger partial charge on any atom is -0.465 e. The van der Waals surface area contributed by atoms with Gasteiger partial charge >= 0.3 is 5.97 Å². The smallest absolute Gasteiger partial charge is 0.337 e. The first-order valence-electron chi connectivity index (χ1n) is 6.86. The summed E-state index contributed by atoms with van der Waals surface area (Å²) < 4.78 is 9.81. The van der Waals surface area contributed by atoms with Crippen LogP contribution in [0.4, 0.5) is 5.69 Å². The van der Waals surface area contributed by atoms with E-state index in [2.05, 4.69) is 14.9 Å². The number of rotatable bonds is 4. The zero-order chi connectivity index (χ0) is 17.1.